The minimum atomic E-state index is -0.281. The van der Waals surface area contributed by atoms with Crippen LogP contribution in [0.5, 0.6) is 5.75 Å². The van der Waals surface area contributed by atoms with Crippen LogP contribution >= 0.6 is 0 Å². The molecule has 3 unspecified atom stereocenters. The Morgan fingerprint density at radius 1 is 1.24 bits per heavy atom. The van der Waals surface area contributed by atoms with Crippen LogP contribution in [0.25, 0.3) is 0 Å². The van der Waals surface area contributed by atoms with Gasteiger partial charge < -0.3 is 15.0 Å². The SMILES string of the molecule is CCCCN1C(=O)CCC(C(=O)NC(C)CCC(C)C)C1c1ccccc1OC. The molecule has 1 aliphatic rings. The molecule has 5 nitrogen and oxygen atoms in total. The highest BCUT2D eigenvalue weighted by Gasteiger charge is 2.41. The number of amides is 2. The van der Waals surface area contributed by atoms with E-state index in [1.807, 2.05) is 29.2 Å². The van der Waals surface area contributed by atoms with Gasteiger partial charge in [0.15, 0.2) is 0 Å². The zero-order valence-electron chi connectivity index (χ0n) is 18.7. The first-order valence-corrected chi connectivity index (χ1v) is 11.1. The van der Waals surface area contributed by atoms with Crippen molar-refractivity contribution >= 4 is 11.8 Å². The monoisotopic (exact) mass is 402 g/mol. The number of para-hydroxylation sites is 1. The Kier molecular flexibility index (Phi) is 8.99. The molecule has 162 valence electrons. The van der Waals surface area contributed by atoms with Crippen LogP contribution in [0.2, 0.25) is 0 Å². The molecule has 0 radical (unpaired) electrons. The minimum absolute atomic E-state index is 0.0474. The topological polar surface area (TPSA) is 58.6 Å². The van der Waals surface area contributed by atoms with Gasteiger partial charge in [0.2, 0.25) is 11.8 Å². The number of likely N-dealkylation sites (tertiary alicyclic amines) is 1. The largest absolute Gasteiger partial charge is 0.496 e. The number of hydrogen-bond donors (Lipinski definition) is 1. The number of rotatable bonds is 10. The average molecular weight is 403 g/mol. The van der Waals surface area contributed by atoms with Crippen molar-refractivity contribution in [2.45, 2.75) is 78.3 Å². The molecule has 1 saturated heterocycles. The molecule has 3 atom stereocenters. The fraction of sp³-hybridized carbons (Fsp3) is 0.667. The van der Waals surface area contributed by atoms with E-state index in [0.717, 1.165) is 37.0 Å². The van der Waals surface area contributed by atoms with Crippen molar-refractivity contribution in [1.29, 1.82) is 0 Å². The molecule has 1 aromatic rings. The smallest absolute Gasteiger partial charge is 0.225 e. The second-order valence-corrected chi connectivity index (χ2v) is 8.65. The number of hydrogen-bond acceptors (Lipinski definition) is 3. The summed E-state index contributed by atoms with van der Waals surface area (Å²) in [6.45, 7) is 9.26. The normalized spacial score (nSPS) is 20.6. The molecule has 0 bridgehead atoms. The predicted molar refractivity (Wildman–Crippen MR) is 117 cm³/mol. The molecular weight excluding hydrogens is 364 g/mol. The highest BCUT2D eigenvalue weighted by molar-refractivity contribution is 5.85. The van der Waals surface area contributed by atoms with Gasteiger partial charge in [0.1, 0.15) is 5.75 Å². The summed E-state index contributed by atoms with van der Waals surface area (Å²) in [7, 11) is 1.64. The summed E-state index contributed by atoms with van der Waals surface area (Å²) in [6, 6.07) is 7.62. The highest BCUT2D eigenvalue weighted by Crippen LogP contribution is 2.41. The van der Waals surface area contributed by atoms with Crippen LogP contribution in [0, 0.1) is 11.8 Å². The Morgan fingerprint density at radius 2 is 1.97 bits per heavy atom. The number of carbonyl (C=O) groups excluding carboxylic acids is 2. The first kappa shape index (κ1) is 23.2. The molecule has 0 aromatic heterocycles. The van der Waals surface area contributed by atoms with Crippen LogP contribution in [0.3, 0.4) is 0 Å². The van der Waals surface area contributed by atoms with E-state index in [2.05, 4.69) is 33.0 Å². The molecule has 1 aromatic carbocycles. The number of nitrogens with one attached hydrogen (secondary N) is 1. The summed E-state index contributed by atoms with van der Waals surface area (Å²) >= 11 is 0. The van der Waals surface area contributed by atoms with E-state index in [1.54, 1.807) is 7.11 Å². The van der Waals surface area contributed by atoms with Crippen molar-refractivity contribution < 1.29 is 14.3 Å². The summed E-state index contributed by atoms with van der Waals surface area (Å²) in [5.41, 5.74) is 0.925. The Balaban J connectivity index is 2.30. The van der Waals surface area contributed by atoms with Crippen molar-refractivity contribution in [3.05, 3.63) is 29.8 Å². The lowest BCUT2D eigenvalue weighted by Crippen LogP contribution is -2.49. The van der Waals surface area contributed by atoms with E-state index in [-0.39, 0.29) is 29.8 Å². The standard InChI is InChI=1S/C24H38N2O3/c1-6-7-16-26-22(27)15-14-20(24(28)25-18(4)13-12-17(2)3)23(26)19-10-8-9-11-21(19)29-5/h8-11,17-18,20,23H,6-7,12-16H2,1-5H3,(H,25,28). The van der Waals surface area contributed by atoms with E-state index in [0.29, 0.717) is 25.3 Å². The fourth-order valence-electron chi connectivity index (χ4n) is 4.12. The Bertz CT molecular complexity index is 674. The van der Waals surface area contributed by atoms with Gasteiger partial charge in [0.05, 0.1) is 19.1 Å². The van der Waals surface area contributed by atoms with Gasteiger partial charge in [-0.3, -0.25) is 9.59 Å². The maximum Gasteiger partial charge on any atom is 0.225 e. The summed E-state index contributed by atoms with van der Waals surface area (Å²) in [6.07, 6.45) is 4.99. The first-order valence-electron chi connectivity index (χ1n) is 11.1. The molecular formula is C24H38N2O3. The van der Waals surface area contributed by atoms with Crippen molar-refractivity contribution in [2.24, 2.45) is 11.8 Å². The van der Waals surface area contributed by atoms with Gasteiger partial charge in [-0.2, -0.15) is 0 Å². The number of carbonyl (C=O) groups is 2. The van der Waals surface area contributed by atoms with Crippen LogP contribution in [0.4, 0.5) is 0 Å². The van der Waals surface area contributed by atoms with Crippen LogP contribution in [-0.2, 0) is 9.59 Å². The third-order valence-corrected chi connectivity index (χ3v) is 5.82. The number of piperidine rings is 1. The van der Waals surface area contributed by atoms with Gasteiger partial charge in [-0.25, -0.2) is 0 Å². The predicted octanol–water partition coefficient (Wildman–Crippen LogP) is 4.72. The maximum absolute atomic E-state index is 13.3. The number of nitrogens with zero attached hydrogens (tertiary/aromatic N) is 1. The molecule has 1 heterocycles. The van der Waals surface area contributed by atoms with E-state index >= 15 is 0 Å². The Labute approximate surface area is 176 Å². The van der Waals surface area contributed by atoms with Crippen molar-refractivity contribution in [3.8, 4) is 5.75 Å². The lowest BCUT2D eigenvalue weighted by molar-refractivity contribution is -0.143. The summed E-state index contributed by atoms with van der Waals surface area (Å²) in [5.74, 6) is 1.27. The average Bonchev–Trinajstić information content (AvgIpc) is 2.71. The van der Waals surface area contributed by atoms with Crippen molar-refractivity contribution in [1.82, 2.24) is 10.2 Å². The van der Waals surface area contributed by atoms with E-state index < -0.39 is 0 Å². The number of methoxy groups -OCH3 is 1. The number of ether oxygens (including phenoxy) is 1. The zero-order chi connectivity index (χ0) is 21.4. The summed E-state index contributed by atoms with van der Waals surface area (Å²) < 4.78 is 5.59. The first-order chi connectivity index (χ1) is 13.9. The third kappa shape index (κ3) is 6.22. The second-order valence-electron chi connectivity index (χ2n) is 8.65. The van der Waals surface area contributed by atoms with Crippen LogP contribution in [0.15, 0.2) is 24.3 Å². The van der Waals surface area contributed by atoms with Gasteiger partial charge >= 0.3 is 0 Å². The molecule has 1 fully saturated rings. The molecule has 1 N–H and O–H groups in total. The van der Waals surface area contributed by atoms with Crippen LogP contribution < -0.4 is 10.1 Å². The van der Waals surface area contributed by atoms with E-state index in [4.69, 9.17) is 4.74 Å². The lowest BCUT2D eigenvalue weighted by atomic mass is 9.82. The molecule has 2 amide bonds. The molecule has 5 heteroatoms. The summed E-state index contributed by atoms with van der Waals surface area (Å²) in [5, 5.41) is 3.22. The summed E-state index contributed by atoms with van der Waals surface area (Å²) in [4.78, 5) is 28.0. The van der Waals surface area contributed by atoms with Gasteiger partial charge in [0, 0.05) is 24.6 Å². The van der Waals surface area contributed by atoms with Crippen LogP contribution in [0.1, 0.15) is 77.8 Å². The lowest BCUT2D eigenvalue weighted by Gasteiger charge is -2.41. The number of unbranched alkanes of at least 4 members (excludes halogenated alkanes) is 1. The quantitative estimate of drug-likeness (QED) is 0.616. The minimum Gasteiger partial charge on any atom is -0.496 e. The number of benzene rings is 1. The highest BCUT2D eigenvalue weighted by atomic mass is 16.5. The molecule has 1 aliphatic heterocycles. The third-order valence-electron chi connectivity index (χ3n) is 5.82. The molecule has 0 aliphatic carbocycles. The van der Waals surface area contributed by atoms with Crippen molar-refractivity contribution in [3.63, 3.8) is 0 Å². The molecule has 0 saturated carbocycles. The van der Waals surface area contributed by atoms with E-state index in [1.165, 1.54) is 0 Å². The zero-order valence-corrected chi connectivity index (χ0v) is 18.7. The molecule has 0 spiro atoms. The molecule has 29 heavy (non-hydrogen) atoms. The maximum atomic E-state index is 13.3. The van der Waals surface area contributed by atoms with Gasteiger partial charge in [-0.05, 0) is 44.6 Å². The van der Waals surface area contributed by atoms with Crippen LogP contribution in [-0.4, -0.2) is 36.4 Å². The fourth-order valence-corrected chi connectivity index (χ4v) is 4.12. The Morgan fingerprint density at radius 3 is 2.62 bits per heavy atom. The van der Waals surface area contributed by atoms with Gasteiger partial charge in [-0.1, -0.05) is 45.4 Å². The van der Waals surface area contributed by atoms with Crippen molar-refractivity contribution in [2.75, 3.05) is 13.7 Å². The second kappa shape index (κ2) is 11.2. The Hall–Kier alpha value is -2.04. The van der Waals surface area contributed by atoms with Gasteiger partial charge in [0.25, 0.3) is 0 Å². The molecule has 2 rings (SSSR count). The van der Waals surface area contributed by atoms with Gasteiger partial charge in [-0.15, -0.1) is 0 Å². The van der Waals surface area contributed by atoms with E-state index in [9.17, 15) is 9.59 Å².